The van der Waals surface area contributed by atoms with E-state index in [0.29, 0.717) is 17.3 Å². The lowest BCUT2D eigenvalue weighted by Crippen LogP contribution is -2.32. The molecule has 1 aromatic rings. The largest absolute Gasteiger partial charge is 0.396 e. The van der Waals surface area contributed by atoms with Crippen molar-refractivity contribution in [2.75, 3.05) is 19.7 Å². The van der Waals surface area contributed by atoms with Gasteiger partial charge in [0.05, 0.1) is 4.34 Å². The molecule has 0 aliphatic carbocycles. The average Bonchev–Trinajstić information content (AvgIpc) is 2.59. The van der Waals surface area contributed by atoms with Crippen molar-refractivity contribution in [1.82, 2.24) is 4.31 Å². The first-order valence-corrected chi connectivity index (χ1v) is 8.00. The summed E-state index contributed by atoms with van der Waals surface area (Å²) in [4.78, 5) is 0.0361. The fourth-order valence-electron chi connectivity index (χ4n) is 1.34. The fraction of sp³-hybridized carbons (Fsp3) is 0.556. The van der Waals surface area contributed by atoms with E-state index in [2.05, 4.69) is 0 Å². The van der Waals surface area contributed by atoms with Gasteiger partial charge in [-0.15, -0.1) is 11.3 Å². The van der Waals surface area contributed by atoms with Crippen LogP contribution in [0.4, 0.5) is 0 Å². The van der Waals surface area contributed by atoms with Crippen molar-refractivity contribution in [3.05, 3.63) is 14.7 Å². The minimum absolute atomic E-state index is 0.0361. The molecule has 0 bridgehead atoms. The summed E-state index contributed by atoms with van der Waals surface area (Å²) in [5.74, 6) is 0. The lowest BCUT2D eigenvalue weighted by molar-refractivity contribution is 0.271. The van der Waals surface area contributed by atoms with E-state index in [1.807, 2.05) is 0 Å². The lowest BCUT2D eigenvalue weighted by Gasteiger charge is -2.19. The Bertz CT molecular complexity index is 473. The Morgan fingerprint density at radius 3 is 2.53 bits per heavy atom. The Hall–Kier alpha value is 0.150. The molecule has 1 aromatic heterocycles. The first-order valence-electron chi connectivity index (χ1n) is 4.99. The number of halogens is 2. The fourth-order valence-corrected chi connectivity index (χ4v) is 4.94. The first kappa shape index (κ1) is 15.2. The van der Waals surface area contributed by atoms with Crippen LogP contribution in [0.15, 0.2) is 11.0 Å². The van der Waals surface area contributed by atoms with Crippen LogP contribution in [0.5, 0.6) is 0 Å². The number of sulfonamides is 1. The maximum atomic E-state index is 12.2. The second-order valence-corrected chi connectivity index (χ2v) is 7.45. The Labute approximate surface area is 115 Å². The smallest absolute Gasteiger partial charge is 0.245 e. The summed E-state index contributed by atoms with van der Waals surface area (Å²) >= 11 is 12.6. The molecule has 0 atom stereocenters. The molecule has 0 aliphatic rings. The molecule has 0 radical (unpaired) electrons. The Kier molecular flexibility index (Phi) is 5.69. The summed E-state index contributed by atoms with van der Waals surface area (Å²) in [6.45, 7) is 2.27. The monoisotopic (exact) mass is 317 g/mol. The molecule has 0 spiro atoms. The summed E-state index contributed by atoms with van der Waals surface area (Å²) in [6, 6.07) is 1.35. The molecule has 0 amide bonds. The third-order valence-electron chi connectivity index (χ3n) is 2.16. The van der Waals surface area contributed by atoms with Crippen molar-refractivity contribution in [1.29, 1.82) is 0 Å². The Morgan fingerprint density at radius 2 is 2.12 bits per heavy atom. The average molecular weight is 318 g/mol. The highest BCUT2D eigenvalue weighted by molar-refractivity contribution is 7.89. The molecule has 17 heavy (non-hydrogen) atoms. The van der Waals surface area contributed by atoms with Crippen LogP contribution in [-0.2, 0) is 10.0 Å². The minimum atomic E-state index is -3.62. The van der Waals surface area contributed by atoms with Crippen molar-refractivity contribution in [3.63, 3.8) is 0 Å². The SMILES string of the molecule is CCN(CCCO)S(=O)(=O)c1cc(Cl)sc1Cl. The number of aliphatic hydroxyl groups excluding tert-OH is 1. The van der Waals surface area contributed by atoms with Crippen molar-refractivity contribution in [2.45, 2.75) is 18.2 Å². The van der Waals surface area contributed by atoms with Crippen molar-refractivity contribution < 1.29 is 13.5 Å². The van der Waals surface area contributed by atoms with E-state index in [1.165, 1.54) is 10.4 Å². The van der Waals surface area contributed by atoms with E-state index in [4.69, 9.17) is 28.3 Å². The van der Waals surface area contributed by atoms with E-state index in [9.17, 15) is 8.42 Å². The van der Waals surface area contributed by atoms with Crippen LogP contribution in [-0.4, -0.2) is 37.5 Å². The standard InChI is InChI=1S/C9H13Cl2NO3S2/c1-2-12(4-3-5-13)17(14,15)7-6-8(10)16-9(7)11/h6,13H,2-5H2,1H3. The number of aliphatic hydroxyl groups is 1. The summed E-state index contributed by atoms with van der Waals surface area (Å²) < 4.78 is 26.2. The van der Waals surface area contributed by atoms with Crippen LogP contribution in [0.3, 0.4) is 0 Å². The highest BCUT2D eigenvalue weighted by Gasteiger charge is 2.27. The summed E-state index contributed by atoms with van der Waals surface area (Å²) in [5, 5.41) is 8.74. The molecule has 0 aliphatic heterocycles. The molecule has 0 aromatic carbocycles. The van der Waals surface area contributed by atoms with Crippen molar-refractivity contribution in [3.8, 4) is 0 Å². The molecule has 0 saturated heterocycles. The highest BCUT2D eigenvalue weighted by Crippen LogP contribution is 2.35. The van der Waals surface area contributed by atoms with E-state index >= 15 is 0 Å². The molecular weight excluding hydrogens is 305 g/mol. The van der Waals surface area contributed by atoms with E-state index < -0.39 is 10.0 Å². The van der Waals surface area contributed by atoms with Gasteiger partial charge in [0.15, 0.2) is 0 Å². The quantitative estimate of drug-likeness (QED) is 0.876. The molecule has 0 fully saturated rings. The molecule has 1 N–H and O–H groups in total. The van der Waals surface area contributed by atoms with Crippen LogP contribution >= 0.6 is 34.5 Å². The Morgan fingerprint density at radius 1 is 1.47 bits per heavy atom. The van der Waals surface area contributed by atoms with Gasteiger partial charge in [-0.2, -0.15) is 4.31 Å². The van der Waals surface area contributed by atoms with Crippen LogP contribution in [0.1, 0.15) is 13.3 Å². The summed E-state index contributed by atoms with van der Waals surface area (Å²) in [6.07, 6.45) is 0.391. The lowest BCUT2D eigenvalue weighted by atomic mass is 10.4. The number of nitrogens with zero attached hydrogens (tertiary/aromatic N) is 1. The predicted molar refractivity (Wildman–Crippen MR) is 70.5 cm³/mol. The van der Waals surface area contributed by atoms with Gasteiger partial charge < -0.3 is 5.11 Å². The van der Waals surface area contributed by atoms with Gasteiger partial charge in [-0.25, -0.2) is 8.42 Å². The topological polar surface area (TPSA) is 57.6 Å². The van der Waals surface area contributed by atoms with Gasteiger partial charge in [0, 0.05) is 19.7 Å². The zero-order valence-electron chi connectivity index (χ0n) is 9.19. The van der Waals surface area contributed by atoms with Crippen molar-refractivity contribution in [2.24, 2.45) is 0 Å². The number of rotatable bonds is 6. The molecular formula is C9H13Cl2NO3S2. The van der Waals surface area contributed by atoms with Crippen LogP contribution < -0.4 is 0 Å². The zero-order valence-corrected chi connectivity index (χ0v) is 12.3. The van der Waals surface area contributed by atoms with Gasteiger partial charge in [0.25, 0.3) is 0 Å². The number of hydrogen-bond acceptors (Lipinski definition) is 4. The van der Waals surface area contributed by atoms with Gasteiger partial charge in [-0.3, -0.25) is 0 Å². The normalized spacial score (nSPS) is 12.3. The molecule has 0 saturated carbocycles. The van der Waals surface area contributed by atoms with Gasteiger partial charge in [-0.05, 0) is 12.5 Å². The molecule has 1 rings (SSSR count). The maximum absolute atomic E-state index is 12.2. The van der Waals surface area contributed by atoms with Gasteiger partial charge in [-0.1, -0.05) is 30.1 Å². The van der Waals surface area contributed by atoms with Crippen LogP contribution in [0.25, 0.3) is 0 Å². The summed E-state index contributed by atoms with van der Waals surface area (Å²) in [7, 11) is -3.62. The molecule has 0 unspecified atom stereocenters. The second-order valence-electron chi connectivity index (χ2n) is 3.26. The van der Waals surface area contributed by atoms with Crippen molar-refractivity contribution >= 4 is 44.6 Å². The zero-order chi connectivity index (χ0) is 13.1. The predicted octanol–water partition coefficient (Wildman–Crippen LogP) is 2.45. The highest BCUT2D eigenvalue weighted by atomic mass is 35.5. The number of hydrogen-bond donors (Lipinski definition) is 1. The number of thiophene rings is 1. The van der Waals surface area contributed by atoms with Gasteiger partial charge in [0.1, 0.15) is 9.23 Å². The second kappa shape index (κ2) is 6.36. The van der Waals surface area contributed by atoms with E-state index in [1.54, 1.807) is 6.92 Å². The third kappa shape index (κ3) is 3.56. The maximum Gasteiger partial charge on any atom is 0.245 e. The van der Waals surface area contributed by atoms with E-state index in [0.717, 1.165) is 11.3 Å². The van der Waals surface area contributed by atoms with Crippen LogP contribution in [0.2, 0.25) is 8.67 Å². The molecule has 4 nitrogen and oxygen atoms in total. The van der Waals surface area contributed by atoms with E-state index in [-0.39, 0.29) is 22.4 Å². The minimum Gasteiger partial charge on any atom is -0.396 e. The first-order chi connectivity index (χ1) is 7.93. The molecule has 8 heteroatoms. The van der Waals surface area contributed by atoms with Gasteiger partial charge in [0.2, 0.25) is 10.0 Å². The Balaban J connectivity index is 3.04. The molecule has 1 heterocycles. The van der Waals surface area contributed by atoms with Crippen LogP contribution in [0, 0.1) is 0 Å². The molecule has 98 valence electrons. The third-order valence-corrected chi connectivity index (χ3v) is 5.89. The summed E-state index contributed by atoms with van der Waals surface area (Å²) in [5.41, 5.74) is 0. The van der Waals surface area contributed by atoms with Gasteiger partial charge >= 0.3 is 0 Å².